The molecule has 0 heterocycles. The molecular weight excluding hydrogens is 156 g/mol. The van der Waals surface area contributed by atoms with Gasteiger partial charge >= 0.3 is 0 Å². The summed E-state index contributed by atoms with van der Waals surface area (Å²) >= 11 is 0. The molecule has 0 saturated heterocycles. The van der Waals surface area contributed by atoms with E-state index in [0.717, 1.165) is 5.92 Å². The fourth-order valence-corrected chi connectivity index (χ4v) is 0.577. The molecule has 0 aliphatic carbocycles. The van der Waals surface area contributed by atoms with Crippen molar-refractivity contribution in [2.75, 3.05) is 0 Å². The van der Waals surface area contributed by atoms with Gasteiger partial charge in [-0.3, -0.25) is 0 Å². The first-order valence-corrected chi connectivity index (χ1v) is 5.68. The van der Waals surface area contributed by atoms with Crippen molar-refractivity contribution in [3.8, 4) is 0 Å². The van der Waals surface area contributed by atoms with Crippen molar-refractivity contribution in [2.45, 2.75) is 67.7 Å². The molecule has 0 aromatic carbocycles. The summed E-state index contributed by atoms with van der Waals surface area (Å²) in [4.78, 5) is 0. The van der Waals surface area contributed by atoms with Crippen LogP contribution >= 0.6 is 0 Å². The predicted molar refractivity (Wildman–Crippen MR) is 68.3 cm³/mol. The van der Waals surface area contributed by atoms with Gasteiger partial charge in [-0.1, -0.05) is 67.7 Å². The van der Waals surface area contributed by atoms with Crippen LogP contribution in [0.1, 0.15) is 67.7 Å². The summed E-state index contributed by atoms with van der Waals surface area (Å²) in [5, 5.41) is 0. The van der Waals surface area contributed by atoms with Crippen LogP contribution in [0.3, 0.4) is 0 Å². The van der Waals surface area contributed by atoms with Gasteiger partial charge in [-0.05, 0) is 5.92 Å². The van der Waals surface area contributed by atoms with Gasteiger partial charge in [-0.25, -0.2) is 0 Å². The second kappa shape index (κ2) is 41.1. The van der Waals surface area contributed by atoms with E-state index in [4.69, 9.17) is 0 Å². The fraction of sp³-hybridized carbons (Fsp3) is 0.846. The number of rotatable bonds is 2. The summed E-state index contributed by atoms with van der Waals surface area (Å²) in [6, 6.07) is 0. The molecule has 0 aliphatic heterocycles. The molecule has 0 saturated carbocycles. The van der Waals surface area contributed by atoms with E-state index in [9.17, 15) is 0 Å². The van der Waals surface area contributed by atoms with Crippen LogP contribution in [-0.4, -0.2) is 0 Å². The molecular formula is C13H32. The maximum Gasteiger partial charge on any atom is -0.0471 e. The quantitative estimate of drug-likeness (QED) is 0.488. The summed E-state index contributed by atoms with van der Waals surface area (Å²) in [5.74, 6) is 0.898. The minimum Gasteiger partial charge on any atom is -0.106 e. The molecule has 0 aromatic heterocycles. The van der Waals surface area contributed by atoms with Crippen molar-refractivity contribution in [2.24, 2.45) is 5.92 Å². The summed E-state index contributed by atoms with van der Waals surface area (Å²) in [5.41, 5.74) is 0. The largest absolute Gasteiger partial charge is 0.106 e. The highest BCUT2D eigenvalue weighted by molar-refractivity contribution is 4.38. The molecule has 0 unspecified atom stereocenters. The first kappa shape index (κ1) is 23.0. The van der Waals surface area contributed by atoms with Crippen LogP contribution in [-0.2, 0) is 0 Å². The van der Waals surface area contributed by atoms with Gasteiger partial charge in [-0.15, -0.1) is 13.2 Å². The zero-order valence-electron chi connectivity index (χ0n) is 11.1. The highest BCUT2D eigenvalue weighted by Crippen LogP contribution is 2.00. The van der Waals surface area contributed by atoms with Gasteiger partial charge in [0.2, 0.25) is 0 Å². The average molecular weight is 188 g/mol. The fourth-order valence-electron chi connectivity index (χ4n) is 0.577. The van der Waals surface area contributed by atoms with E-state index in [0.29, 0.717) is 0 Å². The first-order valence-electron chi connectivity index (χ1n) is 5.68. The second-order valence-electron chi connectivity index (χ2n) is 2.89. The molecule has 0 heteroatoms. The molecule has 13 heavy (non-hydrogen) atoms. The first-order chi connectivity index (χ1) is 6.18. The van der Waals surface area contributed by atoms with Gasteiger partial charge in [0.05, 0.1) is 0 Å². The Balaban J connectivity index is -0.0000000493. The zero-order chi connectivity index (χ0) is 11.7. The van der Waals surface area contributed by atoms with Gasteiger partial charge in [0.25, 0.3) is 0 Å². The normalized spacial score (nSPS) is 6.77. The standard InChI is InChI=1S/C6H14.C3H8.C2H6.C2H4/c1-4-5-6(2)3;1-3-2;2*1-2/h6H,4-5H2,1-3H3;3H2,1-2H3;1-2H3;1-2H2. The van der Waals surface area contributed by atoms with E-state index in [2.05, 4.69) is 47.8 Å². The van der Waals surface area contributed by atoms with Gasteiger partial charge in [0.1, 0.15) is 0 Å². The molecule has 0 bridgehead atoms. The van der Waals surface area contributed by atoms with Crippen molar-refractivity contribution < 1.29 is 0 Å². The molecule has 0 nitrogen and oxygen atoms in total. The van der Waals surface area contributed by atoms with E-state index < -0.39 is 0 Å². The Labute approximate surface area is 87.4 Å². The van der Waals surface area contributed by atoms with Crippen molar-refractivity contribution in [3.63, 3.8) is 0 Å². The van der Waals surface area contributed by atoms with Crippen LogP contribution in [0.25, 0.3) is 0 Å². The smallest absolute Gasteiger partial charge is 0.0471 e. The van der Waals surface area contributed by atoms with Crippen LogP contribution in [0.4, 0.5) is 0 Å². The van der Waals surface area contributed by atoms with Crippen molar-refractivity contribution in [1.29, 1.82) is 0 Å². The Kier molecular flexibility index (Phi) is 72.7. The average Bonchev–Trinajstić information content (AvgIpc) is 2.12. The molecule has 0 aromatic rings. The van der Waals surface area contributed by atoms with Crippen LogP contribution in [0.2, 0.25) is 0 Å². The molecule has 0 N–H and O–H groups in total. The van der Waals surface area contributed by atoms with Gasteiger partial charge in [0.15, 0.2) is 0 Å². The van der Waals surface area contributed by atoms with E-state index >= 15 is 0 Å². The van der Waals surface area contributed by atoms with E-state index in [-0.39, 0.29) is 0 Å². The molecule has 0 rings (SSSR count). The minimum atomic E-state index is 0.898. The minimum absolute atomic E-state index is 0.898. The Hall–Kier alpha value is -0.260. The summed E-state index contributed by atoms with van der Waals surface area (Å²) in [6.07, 6.45) is 3.96. The molecule has 0 radical (unpaired) electrons. The third-order valence-corrected chi connectivity index (χ3v) is 0.866. The van der Waals surface area contributed by atoms with Crippen molar-refractivity contribution in [1.82, 2.24) is 0 Å². The summed E-state index contributed by atoms with van der Waals surface area (Å²) in [7, 11) is 0. The lowest BCUT2D eigenvalue weighted by Gasteiger charge is -1.95. The lowest BCUT2D eigenvalue weighted by Crippen LogP contribution is -1.81. The summed E-state index contributed by atoms with van der Waals surface area (Å²) < 4.78 is 0. The van der Waals surface area contributed by atoms with Crippen LogP contribution in [0.15, 0.2) is 13.2 Å². The van der Waals surface area contributed by atoms with Crippen LogP contribution < -0.4 is 0 Å². The summed E-state index contributed by atoms with van der Waals surface area (Å²) in [6.45, 7) is 21.0. The van der Waals surface area contributed by atoms with E-state index in [1.165, 1.54) is 19.3 Å². The monoisotopic (exact) mass is 188 g/mol. The van der Waals surface area contributed by atoms with Crippen LogP contribution in [0, 0.1) is 5.92 Å². The number of hydrogen-bond acceptors (Lipinski definition) is 0. The lowest BCUT2D eigenvalue weighted by molar-refractivity contribution is 0.576. The van der Waals surface area contributed by atoms with Crippen LogP contribution in [0.5, 0.6) is 0 Å². The van der Waals surface area contributed by atoms with E-state index in [1.54, 1.807) is 0 Å². The molecule has 0 spiro atoms. The molecule has 0 amide bonds. The van der Waals surface area contributed by atoms with Gasteiger partial charge < -0.3 is 0 Å². The van der Waals surface area contributed by atoms with E-state index in [1.807, 2.05) is 13.8 Å². The Morgan fingerprint density at radius 2 is 1.15 bits per heavy atom. The Bertz CT molecular complexity index is 37.3. The van der Waals surface area contributed by atoms with Crippen molar-refractivity contribution >= 4 is 0 Å². The third kappa shape index (κ3) is 148. The topological polar surface area (TPSA) is 0 Å². The SMILES string of the molecule is C=C.CC.CCC.CCCC(C)C. The molecule has 84 valence electrons. The third-order valence-electron chi connectivity index (χ3n) is 0.866. The lowest BCUT2D eigenvalue weighted by atomic mass is 10.1. The molecule has 0 fully saturated rings. The number of hydrogen-bond donors (Lipinski definition) is 0. The van der Waals surface area contributed by atoms with Gasteiger partial charge in [0, 0.05) is 0 Å². The highest BCUT2D eigenvalue weighted by Gasteiger charge is 1.85. The molecule has 0 atom stereocenters. The zero-order valence-corrected chi connectivity index (χ0v) is 11.1. The maximum atomic E-state index is 3.00. The maximum absolute atomic E-state index is 3.00. The van der Waals surface area contributed by atoms with Crippen molar-refractivity contribution in [3.05, 3.63) is 13.2 Å². The Morgan fingerprint density at radius 1 is 0.923 bits per heavy atom. The Morgan fingerprint density at radius 3 is 1.15 bits per heavy atom. The second-order valence-corrected chi connectivity index (χ2v) is 2.89. The molecule has 0 aliphatic rings. The predicted octanol–water partition coefficient (Wildman–Crippen LogP) is 5.69. The highest BCUT2D eigenvalue weighted by atomic mass is 13.9. The van der Waals surface area contributed by atoms with Gasteiger partial charge in [-0.2, -0.15) is 0 Å².